The summed E-state index contributed by atoms with van der Waals surface area (Å²) in [5.41, 5.74) is 7.23. The number of benzene rings is 2. The highest BCUT2D eigenvalue weighted by Crippen LogP contribution is 2.39. The molecule has 0 atom stereocenters. The van der Waals surface area contributed by atoms with Crippen LogP contribution in [0.3, 0.4) is 0 Å². The Bertz CT molecular complexity index is 865. The minimum atomic E-state index is -0.180. The van der Waals surface area contributed by atoms with E-state index >= 15 is 0 Å². The number of phenols is 1. The third-order valence-corrected chi connectivity index (χ3v) is 4.87. The fourth-order valence-corrected chi connectivity index (χ4v) is 3.23. The predicted octanol–water partition coefficient (Wildman–Crippen LogP) is 5.38. The van der Waals surface area contributed by atoms with E-state index in [9.17, 15) is 9.90 Å². The average Bonchev–Trinajstić information content (AvgIpc) is 2.59. The molecule has 0 aliphatic carbocycles. The lowest BCUT2D eigenvalue weighted by molar-refractivity contribution is -0.121. The van der Waals surface area contributed by atoms with Gasteiger partial charge in [0.25, 0.3) is 0 Å². The minimum Gasteiger partial charge on any atom is -0.507 e. The molecule has 4 heteroatoms. The third-order valence-electron chi connectivity index (χ3n) is 4.87. The lowest BCUT2D eigenvalue weighted by Crippen LogP contribution is -2.20. The van der Waals surface area contributed by atoms with Gasteiger partial charge in [-0.2, -0.15) is 5.10 Å². The van der Waals surface area contributed by atoms with Crippen molar-refractivity contribution in [2.75, 3.05) is 0 Å². The Balaban J connectivity index is 2.10. The molecule has 4 nitrogen and oxygen atoms in total. The van der Waals surface area contributed by atoms with Gasteiger partial charge in [0.15, 0.2) is 0 Å². The van der Waals surface area contributed by atoms with Gasteiger partial charge < -0.3 is 5.11 Å². The molecule has 0 aliphatic rings. The number of carbonyl (C=O) groups is 1. The summed E-state index contributed by atoms with van der Waals surface area (Å²) in [4.78, 5) is 12.2. The van der Waals surface area contributed by atoms with Gasteiger partial charge in [0.1, 0.15) is 5.75 Å². The van der Waals surface area contributed by atoms with Crippen LogP contribution >= 0.6 is 0 Å². The summed E-state index contributed by atoms with van der Waals surface area (Å²) in [6.45, 7) is 14.5. The monoisotopic (exact) mass is 394 g/mol. The lowest BCUT2D eigenvalue weighted by atomic mass is 9.78. The number of nitrogens with zero attached hydrogens (tertiary/aromatic N) is 1. The Kier molecular flexibility index (Phi) is 6.89. The lowest BCUT2D eigenvalue weighted by Gasteiger charge is -2.28. The molecule has 156 valence electrons. The van der Waals surface area contributed by atoms with Crippen molar-refractivity contribution in [1.29, 1.82) is 0 Å². The van der Waals surface area contributed by atoms with E-state index in [1.165, 1.54) is 0 Å². The number of hydrogen-bond acceptors (Lipinski definition) is 3. The molecule has 2 N–H and O–H groups in total. The second-order valence-corrected chi connectivity index (χ2v) is 9.75. The van der Waals surface area contributed by atoms with Crippen molar-refractivity contribution < 1.29 is 9.90 Å². The number of nitrogens with one attached hydrogen (secondary N) is 1. The fraction of sp³-hybridized carbons (Fsp3) is 0.440. The maximum absolute atomic E-state index is 12.2. The second-order valence-electron chi connectivity index (χ2n) is 9.75. The molecule has 0 heterocycles. The van der Waals surface area contributed by atoms with Crippen molar-refractivity contribution in [3.63, 3.8) is 0 Å². The Morgan fingerprint density at radius 1 is 1.03 bits per heavy atom. The Hall–Kier alpha value is -2.62. The highest BCUT2D eigenvalue weighted by molar-refractivity contribution is 5.82. The SMILES string of the molecule is Cc1cccc(/C=N\NC(=O)CCc2cc(C(C)(C)C)c(O)c(C(C)(C)C)c2)c1. The number of aromatic hydroxyl groups is 1. The van der Waals surface area contributed by atoms with Crippen LogP contribution in [0, 0.1) is 6.92 Å². The van der Waals surface area contributed by atoms with Crippen LogP contribution in [-0.4, -0.2) is 17.2 Å². The van der Waals surface area contributed by atoms with E-state index in [0.29, 0.717) is 18.6 Å². The first-order valence-electron chi connectivity index (χ1n) is 10.1. The van der Waals surface area contributed by atoms with Crippen LogP contribution in [0.1, 0.15) is 75.8 Å². The Labute approximate surface area is 175 Å². The molecular formula is C25H34N2O2. The van der Waals surface area contributed by atoms with E-state index in [0.717, 1.165) is 27.8 Å². The number of aryl methyl sites for hydroxylation is 2. The quantitative estimate of drug-likeness (QED) is 0.528. The van der Waals surface area contributed by atoms with Crippen LogP contribution in [0.5, 0.6) is 5.75 Å². The van der Waals surface area contributed by atoms with Crippen molar-refractivity contribution in [1.82, 2.24) is 5.43 Å². The van der Waals surface area contributed by atoms with Crippen LogP contribution < -0.4 is 5.43 Å². The maximum atomic E-state index is 12.2. The summed E-state index contributed by atoms with van der Waals surface area (Å²) >= 11 is 0. The number of hydrazone groups is 1. The zero-order chi connectivity index (χ0) is 21.8. The normalized spacial score (nSPS) is 12.4. The number of hydrogen-bond donors (Lipinski definition) is 2. The molecule has 0 spiro atoms. The molecule has 0 radical (unpaired) electrons. The van der Waals surface area contributed by atoms with Crippen LogP contribution in [-0.2, 0) is 22.0 Å². The average molecular weight is 395 g/mol. The Morgan fingerprint density at radius 3 is 2.14 bits per heavy atom. The number of phenolic OH excluding ortho intramolecular Hbond substituents is 1. The van der Waals surface area contributed by atoms with Crippen molar-refractivity contribution in [2.24, 2.45) is 5.10 Å². The van der Waals surface area contributed by atoms with E-state index in [1.54, 1.807) is 6.21 Å². The van der Waals surface area contributed by atoms with Gasteiger partial charge in [-0.1, -0.05) is 83.5 Å². The standard InChI is InChI=1S/C25H34N2O2/c1-17-9-8-10-19(13-17)16-26-27-22(28)12-11-18-14-20(24(2,3)4)23(29)21(15-18)25(5,6)7/h8-10,13-16,29H,11-12H2,1-7H3,(H,27,28)/b26-16-. The highest BCUT2D eigenvalue weighted by atomic mass is 16.3. The summed E-state index contributed by atoms with van der Waals surface area (Å²) in [5.74, 6) is 0.234. The highest BCUT2D eigenvalue weighted by Gasteiger charge is 2.26. The largest absolute Gasteiger partial charge is 0.507 e. The zero-order valence-electron chi connectivity index (χ0n) is 18.8. The van der Waals surface area contributed by atoms with E-state index < -0.39 is 0 Å². The van der Waals surface area contributed by atoms with Gasteiger partial charge in [-0.05, 0) is 46.4 Å². The zero-order valence-corrected chi connectivity index (χ0v) is 18.8. The fourth-order valence-electron chi connectivity index (χ4n) is 3.23. The number of amides is 1. The van der Waals surface area contributed by atoms with E-state index in [1.807, 2.05) is 43.3 Å². The van der Waals surface area contributed by atoms with Crippen LogP contribution in [0.4, 0.5) is 0 Å². The first kappa shape index (κ1) is 22.7. The van der Waals surface area contributed by atoms with Gasteiger partial charge in [0, 0.05) is 6.42 Å². The molecule has 0 fully saturated rings. The molecule has 0 aromatic heterocycles. The van der Waals surface area contributed by atoms with Crippen molar-refractivity contribution in [2.45, 2.75) is 72.1 Å². The molecule has 0 saturated carbocycles. The van der Waals surface area contributed by atoms with Gasteiger partial charge >= 0.3 is 0 Å². The summed E-state index contributed by atoms with van der Waals surface area (Å²) in [6, 6.07) is 12.0. The van der Waals surface area contributed by atoms with Gasteiger partial charge in [-0.25, -0.2) is 5.43 Å². The van der Waals surface area contributed by atoms with Gasteiger partial charge in [0.2, 0.25) is 5.91 Å². The molecular weight excluding hydrogens is 360 g/mol. The van der Waals surface area contributed by atoms with E-state index in [4.69, 9.17) is 0 Å². The van der Waals surface area contributed by atoms with Crippen LogP contribution in [0.25, 0.3) is 0 Å². The molecule has 1 amide bonds. The molecule has 0 aliphatic heterocycles. The smallest absolute Gasteiger partial charge is 0.240 e. The van der Waals surface area contributed by atoms with Crippen molar-refractivity contribution in [3.05, 3.63) is 64.2 Å². The number of carbonyl (C=O) groups excluding carboxylic acids is 1. The van der Waals surface area contributed by atoms with Crippen molar-refractivity contribution >= 4 is 12.1 Å². The summed E-state index contributed by atoms with van der Waals surface area (Å²) in [5, 5.41) is 14.9. The van der Waals surface area contributed by atoms with E-state index in [2.05, 4.69) is 52.1 Å². The topological polar surface area (TPSA) is 61.7 Å². The molecule has 29 heavy (non-hydrogen) atoms. The molecule has 2 rings (SSSR count). The first-order chi connectivity index (χ1) is 13.4. The van der Waals surface area contributed by atoms with Crippen molar-refractivity contribution in [3.8, 4) is 5.75 Å². The Morgan fingerprint density at radius 2 is 1.62 bits per heavy atom. The molecule has 0 saturated heterocycles. The second kappa shape index (κ2) is 8.81. The first-order valence-corrected chi connectivity index (χ1v) is 10.1. The van der Waals surface area contributed by atoms with Gasteiger partial charge in [0.05, 0.1) is 6.21 Å². The molecule has 0 unspecified atom stereocenters. The number of rotatable bonds is 5. The summed E-state index contributed by atoms with van der Waals surface area (Å²) in [6.07, 6.45) is 2.59. The van der Waals surface area contributed by atoms with Crippen LogP contribution in [0.2, 0.25) is 0 Å². The molecule has 2 aromatic carbocycles. The predicted molar refractivity (Wildman–Crippen MR) is 121 cm³/mol. The third kappa shape index (κ3) is 6.45. The molecule has 0 bridgehead atoms. The van der Waals surface area contributed by atoms with Crippen LogP contribution in [0.15, 0.2) is 41.5 Å². The minimum absolute atomic E-state index is 0.128. The summed E-state index contributed by atoms with van der Waals surface area (Å²) < 4.78 is 0. The molecule has 2 aromatic rings. The van der Waals surface area contributed by atoms with E-state index in [-0.39, 0.29) is 16.7 Å². The maximum Gasteiger partial charge on any atom is 0.240 e. The van der Waals surface area contributed by atoms with Gasteiger partial charge in [-0.3, -0.25) is 4.79 Å². The van der Waals surface area contributed by atoms with Gasteiger partial charge in [-0.15, -0.1) is 0 Å². The summed E-state index contributed by atoms with van der Waals surface area (Å²) in [7, 11) is 0.